The van der Waals surface area contributed by atoms with Crippen LogP contribution in [0.4, 0.5) is 13.2 Å². The first-order chi connectivity index (χ1) is 13.0. The third-order valence-corrected chi connectivity index (χ3v) is 4.33. The number of rotatable bonds is 10. The van der Waals surface area contributed by atoms with E-state index < -0.39 is 22.6 Å². The number of ether oxygens (including phenoxy) is 2. The van der Waals surface area contributed by atoms with Crippen LogP contribution in [-0.2, 0) is 21.1 Å². The molecule has 0 aromatic heterocycles. The number of sulfone groups is 1. The highest BCUT2D eigenvalue weighted by atomic mass is 127. The van der Waals surface area contributed by atoms with Crippen LogP contribution in [-0.4, -0.2) is 66.0 Å². The highest BCUT2D eigenvalue weighted by Crippen LogP contribution is 2.23. The molecule has 0 bridgehead atoms. The average molecular weight is 553 g/mol. The van der Waals surface area contributed by atoms with Gasteiger partial charge in [0.15, 0.2) is 12.6 Å². The van der Waals surface area contributed by atoms with Gasteiger partial charge in [-0.2, -0.15) is 13.2 Å². The Morgan fingerprint density at radius 3 is 2.48 bits per heavy atom. The van der Waals surface area contributed by atoms with E-state index in [1.165, 1.54) is 0 Å². The van der Waals surface area contributed by atoms with Crippen molar-refractivity contribution in [3.63, 3.8) is 0 Å². The lowest BCUT2D eigenvalue weighted by atomic mass is 10.1. The maximum absolute atomic E-state index is 12.4. The van der Waals surface area contributed by atoms with E-state index in [0.717, 1.165) is 11.8 Å². The lowest BCUT2D eigenvalue weighted by Crippen LogP contribution is -2.38. The summed E-state index contributed by atoms with van der Waals surface area (Å²) in [6, 6.07) is 5.02. The van der Waals surface area contributed by atoms with Gasteiger partial charge in [-0.3, -0.25) is 4.99 Å². The zero-order valence-corrected chi connectivity index (χ0v) is 19.7. The van der Waals surface area contributed by atoms with Crippen LogP contribution >= 0.6 is 24.0 Å². The molecule has 1 rings (SSSR count). The number of aryl methyl sites for hydroxylation is 1. The Labute approximate surface area is 186 Å². The molecule has 0 heterocycles. The monoisotopic (exact) mass is 553 g/mol. The van der Waals surface area contributed by atoms with Gasteiger partial charge in [-0.05, 0) is 18.6 Å². The van der Waals surface area contributed by atoms with Crippen LogP contribution in [0.1, 0.15) is 11.1 Å². The summed E-state index contributed by atoms with van der Waals surface area (Å²) >= 11 is 0. The van der Waals surface area contributed by atoms with Gasteiger partial charge in [0.2, 0.25) is 0 Å². The Kier molecular flexibility index (Phi) is 12.5. The van der Waals surface area contributed by atoms with Crippen LogP contribution in [0, 0.1) is 6.92 Å². The Balaban J connectivity index is 0.00000784. The van der Waals surface area contributed by atoms with Gasteiger partial charge >= 0.3 is 6.18 Å². The Bertz CT molecular complexity index is 759. The molecule has 1 aromatic rings. The van der Waals surface area contributed by atoms with Crippen LogP contribution in [0.2, 0.25) is 0 Å². The lowest BCUT2D eigenvalue weighted by Gasteiger charge is -2.16. The van der Waals surface area contributed by atoms with E-state index in [2.05, 4.69) is 15.6 Å². The Morgan fingerprint density at radius 1 is 1.21 bits per heavy atom. The number of hydrogen-bond donors (Lipinski definition) is 2. The molecule has 1 aromatic carbocycles. The van der Waals surface area contributed by atoms with Gasteiger partial charge in [0.05, 0.1) is 19.0 Å². The van der Waals surface area contributed by atoms with Crippen LogP contribution in [0.25, 0.3) is 0 Å². The van der Waals surface area contributed by atoms with E-state index in [4.69, 9.17) is 9.47 Å². The van der Waals surface area contributed by atoms with Crippen molar-refractivity contribution in [2.75, 3.05) is 45.4 Å². The van der Waals surface area contributed by atoms with Gasteiger partial charge in [-0.25, -0.2) is 8.42 Å². The fourth-order valence-corrected chi connectivity index (χ4v) is 2.48. The molecular formula is C17H27F3IN3O4S. The minimum atomic E-state index is -4.41. The maximum Gasteiger partial charge on any atom is 0.422 e. The molecular weight excluding hydrogens is 526 g/mol. The molecule has 0 radical (unpaired) electrons. The number of benzene rings is 1. The van der Waals surface area contributed by atoms with E-state index in [1.807, 2.05) is 0 Å². The van der Waals surface area contributed by atoms with E-state index in [9.17, 15) is 21.6 Å². The molecule has 0 saturated carbocycles. The molecule has 0 fully saturated rings. The number of alkyl halides is 3. The SMILES string of the molecule is CN=C(NCCOCCS(C)(=O)=O)NCc1ccc(C)cc1OCC(F)(F)F.I. The molecule has 0 aliphatic heterocycles. The number of guanidine groups is 1. The molecule has 0 aliphatic rings. The van der Waals surface area contributed by atoms with Crippen molar-refractivity contribution >= 4 is 39.8 Å². The Morgan fingerprint density at radius 2 is 1.90 bits per heavy atom. The zero-order chi connectivity index (χ0) is 21.2. The predicted molar refractivity (Wildman–Crippen MR) is 117 cm³/mol. The molecule has 2 N–H and O–H groups in total. The first-order valence-corrected chi connectivity index (χ1v) is 10.6. The highest BCUT2D eigenvalue weighted by molar-refractivity contribution is 14.0. The van der Waals surface area contributed by atoms with Gasteiger partial charge in [0, 0.05) is 32.0 Å². The van der Waals surface area contributed by atoms with Gasteiger partial charge < -0.3 is 20.1 Å². The minimum Gasteiger partial charge on any atom is -0.484 e. The van der Waals surface area contributed by atoms with Crippen LogP contribution in [0.15, 0.2) is 23.2 Å². The van der Waals surface area contributed by atoms with Crippen molar-refractivity contribution in [3.8, 4) is 5.75 Å². The van der Waals surface area contributed by atoms with Crippen molar-refractivity contribution in [2.24, 2.45) is 4.99 Å². The molecule has 0 atom stereocenters. The van der Waals surface area contributed by atoms with Crippen LogP contribution < -0.4 is 15.4 Å². The largest absolute Gasteiger partial charge is 0.484 e. The summed E-state index contributed by atoms with van der Waals surface area (Å²) in [4.78, 5) is 4.01. The molecule has 7 nitrogen and oxygen atoms in total. The Hall–Kier alpha value is -1.28. The second-order valence-corrected chi connectivity index (χ2v) is 8.37. The summed E-state index contributed by atoms with van der Waals surface area (Å²) < 4.78 is 69.4. The van der Waals surface area contributed by atoms with Gasteiger partial charge in [0.25, 0.3) is 0 Å². The molecule has 168 valence electrons. The zero-order valence-electron chi connectivity index (χ0n) is 16.5. The fourth-order valence-electron chi connectivity index (χ4n) is 2.06. The molecule has 0 unspecified atom stereocenters. The number of aliphatic imine (C=N–C) groups is 1. The predicted octanol–water partition coefficient (Wildman–Crippen LogP) is 2.28. The summed E-state index contributed by atoms with van der Waals surface area (Å²) in [7, 11) is -1.50. The van der Waals surface area contributed by atoms with E-state index in [1.54, 1.807) is 32.2 Å². The van der Waals surface area contributed by atoms with Crippen molar-refractivity contribution in [1.82, 2.24) is 10.6 Å². The first kappa shape index (κ1) is 27.7. The normalized spacial score (nSPS) is 12.3. The summed E-state index contributed by atoms with van der Waals surface area (Å²) in [5.74, 6) is 0.534. The molecule has 12 heteroatoms. The average Bonchev–Trinajstić information content (AvgIpc) is 2.58. The topological polar surface area (TPSA) is 89.0 Å². The molecule has 0 aliphatic carbocycles. The van der Waals surface area contributed by atoms with Crippen molar-refractivity contribution in [2.45, 2.75) is 19.6 Å². The summed E-state index contributed by atoms with van der Waals surface area (Å²) in [5.41, 5.74) is 1.34. The van der Waals surface area contributed by atoms with Crippen molar-refractivity contribution in [3.05, 3.63) is 29.3 Å². The van der Waals surface area contributed by atoms with E-state index >= 15 is 0 Å². The standard InChI is InChI=1S/C17H26F3N3O4S.HI/c1-13-4-5-14(15(10-13)27-12-17(18,19)20)11-23-16(21-2)22-6-7-26-8-9-28(3,24)25;/h4-5,10H,6-9,11-12H2,1-3H3,(H2,21,22,23);1H. The van der Waals surface area contributed by atoms with E-state index in [0.29, 0.717) is 18.1 Å². The second-order valence-electron chi connectivity index (χ2n) is 6.11. The van der Waals surface area contributed by atoms with Gasteiger partial charge in [-0.15, -0.1) is 24.0 Å². The minimum absolute atomic E-state index is 0. The fraction of sp³-hybridized carbons (Fsp3) is 0.588. The van der Waals surface area contributed by atoms with Gasteiger partial charge in [-0.1, -0.05) is 12.1 Å². The summed E-state index contributed by atoms with van der Waals surface area (Å²) in [5, 5.41) is 5.95. The third kappa shape index (κ3) is 13.5. The highest BCUT2D eigenvalue weighted by Gasteiger charge is 2.28. The van der Waals surface area contributed by atoms with Crippen LogP contribution in [0.3, 0.4) is 0 Å². The molecule has 0 spiro atoms. The quantitative estimate of drug-likeness (QED) is 0.200. The number of hydrogen-bond acceptors (Lipinski definition) is 5. The van der Waals surface area contributed by atoms with Crippen LogP contribution in [0.5, 0.6) is 5.75 Å². The molecule has 0 saturated heterocycles. The number of halogens is 4. The summed E-state index contributed by atoms with van der Waals surface area (Å²) in [6.07, 6.45) is -3.28. The van der Waals surface area contributed by atoms with Crippen molar-refractivity contribution < 1.29 is 31.1 Å². The number of nitrogens with zero attached hydrogens (tertiary/aromatic N) is 1. The smallest absolute Gasteiger partial charge is 0.422 e. The summed E-state index contributed by atoms with van der Waals surface area (Å²) in [6.45, 7) is 1.39. The van der Waals surface area contributed by atoms with Gasteiger partial charge in [0.1, 0.15) is 15.6 Å². The lowest BCUT2D eigenvalue weighted by molar-refractivity contribution is -0.153. The second kappa shape index (κ2) is 13.1. The first-order valence-electron chi connectivity index (χ1n) is 8.49. The third-order valence-electron chi connectivity index (χ3n) is 3.42. The number of nitrogens with one attached hydrogen (secondary N) is 2. The molecule has 0 amide bonds. The van der Waals surface area contributed by atoms with E-state index in [-0.39, 0.29) is 55.2 Å². The maximum atomic E-state index is 12.4. The molecule has 29 heavy (non-hydrogen) atoms. The van der Waals surface area contributed by atoms with Crippen molar-refractivity contribution in [1.29, 1.82) is 0 Å².